The Morgan fingerprint density at radius 2 is 2.11 bits per heavy atom. The average Bonchev–Trinajstić information content (AvgIpc) is 3.12. The topological polar surface area (TPSA) is 88.8 Å². The summed E-state index contributed by atoms with van der Waals surface area (Å²) in [5, 5.41) is 7.78. The first kappa shape index (κ1) is 20.3. The maximum atomic E-state index is 12.7. The Balaban J connectivity index is 1.85. The molecule has 0 unspecified atom stereocenters. The zero-order valence-electron chi connectivity index (χ0n) is 15.7. The summed E-state index contributed by atoms with van der Waals surface area (Å²) in [7, 11) is 1.56. The van der Waals surface area contributed by atoms with Crippen LogP contribution in [-0.4, -0.2) is 40.7 Å². The molecule has 10 heteroatoms. The van der Waals surface area contributed by atoms with Crippen LogP contribution in [0.1, 0.15) is 29.8 Å². The normalized spacial score (nSPS) is 10.9. The van der Waals surface area contributed by atoms with E-state index in [0.29, 0.717) is 15.8 Å². The van der Waals surface area contributed by atoms with Gasteiger partial charge in [0.1, 0.15) is 11.3 Å². The van der Waals surface area contributed by atoms with Crippen molar-refractivity contribution in [2.45, 2.75) is 20.4 Å². The second-order valence-corrected chi connectivity index (χ2v) is 7.72. The van der Waals surface area contributed by atoms with Gasteiger partial charge in [-0.1, -0.05) is 27.3 Å². The van der Waals surface area contributed by atoms with Gasteiger partial charge in [-0.3, -0.25) is 9.59 Å². The summed E-state index contributed by atoms with van der Waals surface area (Å²) in [4.78, 5) is 32.0. The van der Waals surface area contributed by atoms with E-state index in [1.807, 2.05) is 30.9 Å². The van der Waals surface area contributed by atoms with E-state index >= 15 is 0 Å². The summed E-state index contributed by atoms with van der Waals surface area (Å²) < 4.78 is 7.36. The molecule has 3 rings (SSSR count). The minimum Gasteiger partial charge on any atom is -0.496 e. The van der Waals surface area contributed by atoms with Crippen molar-refractivity contribution in [3.8, 4) is 5.75 Å². The molecule has 0 aliphatic heterocycles. The predicted molar refractivity (Wildman–Crippen MR) is 113 cm³/mol. The van der Waals surface area contributed by atoms with Crippen LogP contribution in [0.15, 0.2) is 33.7 Å². The number of hydrogen-bond donors (Lipinski definition) is 1. The number of rotatable bonds is 7. The summed E-state index contributed by atoms with van der Waals surface area (Å²) in [5.41, 5.74) is 0.248. The van der Waals surface area contributed by atoms with Crippen molar-refractivity contribution in [3.05, 3.63) is 50.3 Å². The number of benzene rings is 1. The van der Waals surface area contributed by atoms with Crippen LogP contribution in [0, 0.1) is 0 Å². The van der Waals surface area contributed by atoms with E-state index in [2.05, 4.69) is 31.3 Å². The quantitative estimate of drug-likeness (QED) is 0.576. The first-order chi connectivity index (χ1) is 13.5. The average molecular weight is 466 g/mol. The molecule has 148 valence electrons. The smallest absolute Gasteiger partial charge is 0.288 e. The minimum atomic E-state index is -0.508. The number of amides is 1. The third-order valence-electron chi connectivity index (χ3n) is 4.24. The molecule has 8 nitrogen and oxygen atoms in total. The molecular weight excluding hydrogens is 446 g/mol. The summed E-state index contributed by atoms with van der Waals surface area (Å²) in [5.74, 6) is 0.142. The summed E-state index contributed by atoms with van der Waals surface area (Å²) in [6.45, 7) is 5.78. The van der Waals surface area contributed by atoms with E-state index in [0.717, 1.165) is 23.1 Å². The Morgan fingerprint density at radius 1 is 1.36 bits per heavy atom. The molecule has 2 heterocycles. The molecule has 0 aliphatic rings. The molecule has 0 saturated heterocycles. The third kappa shape index (κ3) is 4.02. The van der Waals surface area contributed by atoms with Gasteiger partial charge in [0.2, 0.25) is 10.1 Å². The van der Waals surface area contributed by atoms with E-state index in [1.165, 1.54) is 22.0 Å². The second-order valence-electron chi connectivity index (χ2n) is 5.87. The van der Waals surface area contributed by atoms with Crippen molar-refractivity contribution < 1.29 is 9.53 Å². The Labute approximate surface area is 174 Å². The second kappa shape index (κ2) is 8.70. The molecule has 0 spiro atoms. The number of nitrogens with one attached hydrogen (secondary N) is 1. The van der Waals surface area contributed by atoms with Crippen LogP contribution in [0.25, 0.3) is 4.96 Å². The molecule has 28 heavy (non-hydrogen) atoms. The van der Waals surface area contributed by atoms with E-state index < -0.39 is 11.5 Å². The molecule has 2 aromatic heterocycles. The first-order valence-electron chi connectivity index (χ1n) is 8.72. The molecule has 0 atom stereocenters. The molecule has 0 aliphatic carbocycles. The molecule has 0 saturated carbocycles. The molecule has 0 radical (unpaired) electrons. The van der Waals surface area contributed by atoms with Crippen molar-refractivity contribution in [1.29, 1.82) is 0 Å². The van der Waals surface area contributed by atoms with Crippen molar-refractivity contribution in [2.24, 2.45) is 0 Å². The zero-order chi connectivity index (χ0) is 20.3. The van der Waals surface area contributed by atoms with Gasteiger partial charge in [0, 0.05) is 35.9 Å². The van der Waals surface area contributed by atoms with Gasteiger partial charge in [-0.15, -0.1) is 5.10 Å². The van der Waals surface area contributed by atoms with Crippen molar-refractivity contribution in [3.63, 3.8) is 0 Å². The van der Waals surface area contributed by atoms with Crippen LogP contribution >= 0.6 is 27.3 Å². The largest absolute Gasteiger partial charge is 0.496 e. The van der Waals surface area contributed by atoms with Crippen LogP contribution in [0.4, 0.5) is 5.13 Å². The highest BCUT2D eigenvalue weighted by molar-refractivity contribution is 9.10. The summed E-state index contributed by atoms with van der Waals surface area (Å²) in [6, 6.07) is 5.51. The lowest BCUT2D eigenvalue weighted by Gasteiger charge is -2.15. The number of carbonyl (C=O) groups is 1. The van der Waals surface area contributed by atoms with Crippen LogP contribution in [0.5, 0.6) is 5.75 Å². The Kier molecular flexibility index (Phi) is 6.30. The molecule has 1 amide bonds. The molecule has 3 aromatic rings. The van der Waals surface area contributed by atoms with Crippen LogP contribution < -0.4 is 20.5 Å². The van der Waals surface area contributed by atoms with Gasteiger partial charge < -0.3 is 15.0 Å². The maximum absolute atomic E-state index is 12.7. The number of carbonyl (C=O) groups excluding carboxylic acids is 1. The monoisotopic (exact) mass is 465 g/mol. The molecule has 0 bridgehead atoms. The SMILES string of the molecule is CCN(CC)c1nn2c(=O)c(C(=O)NCc3cc(Br)ccc3OC)cnc2s1. The van der Waals surface area contributed by atoms with E-state index in [4.69, 9.17) is 4.74 Å². The van der Waals surface area contributed by atoms with Crippen LogP contribution in [0.2, 0.25) is 0 Å². The lowest BCUT2D eigenvalue weighted by atomic mass is 10.2. The number of nitrogens with zero attached hydrogens (tertiary/aromatic N) is 4. The number of ether oxygens (including phenoxy) is 1. The van der Waals surface area contributed by atoms with Crippen molar-refractivity contribution in [2.75, 3.05) is 25.1 Å². The fourth-order valence-corrected chi connectivity index (χ4v) is 4.11. The molecule has 1 N–H and O–H groups in total. The van der Waals surface area contributed by atoms with Crippen molar-refractivity contribution in [1.82, 2.24) is 19.9 Å². The lowest BCUT2D eigenvalue weighted by molar-refractivity contribution is 0.0948. The van der Waals surface area contributed by atoms with Crippen molar-refractivity contribution >= 4 is 43.3 Å². The van der Waals surface area contributed by atoms with Gasteiger partial charge in [0.15, 0.2) is 0 Å². The van der Waals surface area contributed by atoms with E-state index in [9.17, 15) is 9.59 Å². The van der Waals surface area contributed by atoms with Gasteiger partial charge in [-0.2, -0.15) is 4.52 Å². The first-order valence-corrected chi connectivity index (χ1v) is 10.3. The van der Waals surface area contributed by atoms with E-state index in [-0.39, 0.29) is 12.1 Å². The predicted octanol–water partition coefficient (Wildman–Crippen LogP) is 2.70. The fourth-order valence-electron chi connectivity index (χ4n) is 2.71. The van der Waals surface area contributed by atoms with Gasteiger partial charge >= 0.3 is 0 Å². The number of hydrogen-bond acceptors (Lipinski definition) is 7. The van der Waals surface area contributed by atoms with Crippen LogP contribution in [0.3, 0.4) is 0 Å². The number of aromatic nitrogens is 3. The summed E-state index contributed by atoms with van der Waals surface area (Å²) >= 11 is 4.72. The lowest BCUT2D eigenvalue weighted by Crippen LogP contribution is -2.31. The van der Waals surface area contributed by atoms with Crippen LogP contribution in [-0.2, 0) is 6.54 Å². The summed E-state index contributed by atoms with van der Waals surface area (Å²) in [6.07, 6.45) is 1.30. The molecular formula is C18H20BrN5O3S. The third-order valence-corrected chi connectivity index (χ3v) is 5.71. The highest BCUT2D eigenvalue weighted by Crippen LogP contribution is 2.23. The van der Waals surface area contributed by atoms with Gasteiger partial charge in [-0.25, -0.2) is 4.98 Å². The molecule has 0 fully saturated rings. The highest BCUT2D eigenvalue weighted by atomic mass is 79.9. The number of methoxy groups -OCH3 is 1. The zero-order valence-corrected chi connectivity index (χ0v) is 18.1. The maximum Gasteiger partial charge on any atom is 0.288 e. The number of anilines is 1. The van der Waals surface area contributed by atoms with E-state index in [1.54, 1.807) is 13.2 Å². The van der Waals surface area contributed by atoms with Gasteiger partial charge in [0.25, 0.3) is 11.5 Å². The Morgan fingerprint density at radius 3 is 2.79 bits per heavy atom. The minimum absolute atomic E-state index is 0.0529. The Hall–Kier alpha value is -2.46. The van der Waals surface area contributed by atoms with Gasteiger partial charge in [-0.05, 0) is 32.0 Å². The highest BCUT2D eigenvalue weighted by Gasteiger charge is 2.18. The molecule has 1 aromatic carbocycles. The standard InChI is InChI=1S/C18H20BrN5O3S/c1-4-23(5-2)18-22-24-16(26)13(10-21-17(24)28-18)15(25)20-9-11-8-12(19)6-7-14(11)27-3/h6-8,10H,4-5,9H2,1-3H3,(H,20,25). The number of halogens is 1. The fraction of sp³-hybridized carbons (Fsp3) is 0.333. The Bertz CT molecular complexity index is 1060. The van der Waals surface area contributed by atoms with Gasteiger partial charge in [0.05, 0.1) is 7.11 Å². The number of fused-ring (bicyclic) bond motifs is 1.